The number of amides is 2. The molecule has 0 saturated carbocycles. The SMILES string of the molecule is CCC(=O)Nc1cccc(NC(=O)CCNC(C)(C)C)c1. The lowest BCUT2D eigenvalue weighted by Crippen LogP contribution is -2.37. The number of anilines is 2. The van der Waals surface area contributed by atoms with E-state index in [2.05, 4.69) is 36.7 Å². The number of hydrogen-bond acceptors (Lipinski definition) is 3. The van der Waals surface area contributed by atoms with E-state index in [1.807, 2.05) is 0 Å². The molecule has 0 aliphatic heterocycles. The minimum Gasteiger partial charge on any atom is -0.326 e. The van der Waals surface area contributed by atoms with Crippen molar-refractivity contribution in [2.24, 2.45) is 0 Å². The zero-order valence-electron chi connectivity index (χ0n) is 13.2. The smallest absolute Gasteiger partial charge is 0.225 e. The summed E-state index contributed by atoms with van der Waals surface area (Å²) in [6, 6.07) is 7.15. The van der Waals surface area contributed by atoms with Crippen LogP contribution in [0.1, 0.15) is 40.5 Å². The fourth-order valence-electron chi connectivity index (χ4n) is 1.70. The van der Waals surface area contributed by atoms with E-state index >= 15 is 0 Å². The molecule has 0 aromatic heterocycles. The van der Waals surface area contributed by atoms with Crippen LogP contribution in [-0.4, -0.2) is 23.9 Å². The Morgan fingerprint density at radius 2 is 1.62 bits per heavy atom. The van der Waals surface area contributed by atoms with Gasteiger partial charge >= 0.3 is 0 Å². The zero-order chi connectivity index (χ0) is 15.9. The molecule has 0 bridgehead atoms. The van der Waals surface area contributed by atoms with Gasteiger partial charge in [-0.2, -0.15) is 0 Å². The molecular formula is C16H25N3O2. The first-order valence-corrected chi connectivity index (χ1v) is 7.25. The minimum absolute atomic E-state index is 0.00459. The Labute approximate surface area is 126 Å². The third-order valence-electron chi connectivity index (χ3n) is 2.76. The molecule has 3 N–H and O–H groups in total. The van der Waals surface area contributed by atoms with Crippen LogP contribution in [0.5, 0.6) is 0 Å². The van der Waals surface area contributed by atoms with Crippen LogP contribution in [-0.2, 0) is 9.59 Å². The lowest BCUT2D eigenvalue weighted by atomic mass is 10.1. The Morgan fingerprint density at radius 1 is 1.05 bits per heavy atom. The van der Waals surface area contributed by atoms with Crippen LogP contribution in [0.3, 0.4) is 0 Å². The Hall–Kier alpha value is -1.88. The molecule has 1 aromatic rings. The highest BCUT2D eigenvalue weighted by atomic mass is 16.2. The topological polar surface area (TPSA) is 70.2 Å². The number of carbonyl (C=O) groups excluding carboxylic acids is 2. The van der Waals surface area contributed by atoms with Gasteiger partial charge in [-0.1, -0.05) is 13.0 Å². The van der Waals surface area contributed by atoms with Crippen LogP contribution in [0, 0.1) is 0 Å². The summed E-state index contributed by atoms with van der Waals surface area (Å²) < 4.78 is 0. The molecule has 0 radical (unpaired) electrons. The number of nitrogens with one attached hydrogen (secondary N) is 3. The quantitative estimate of drug-likeness (QED) is 0.755. The van der Waals surface area contributed by atoms with E-state index in [1.165, 1.54) is 0 Å². The summed E-state index contributed by atoms with van der Waals surface area (Å²) >= 11 is 0. The second kappa shape index (κ2) is 7.78. The summed E-state index contributed by atoms with van der Waals surface area (Å²) in [6.45, 7) is 8.60. The summed E-state index contributed by atoms with van der Waals surface area (Å²) in [5.74, 6) is -0.0985. The van der Waals surface area contributed by atoms with Crippen molar-refractivity contribution in [1.82, 2.24) is 5.32 Å². The van der Waals surface area contributed by atoms with Crippen LogP contribution in [0.2, 0.25) is 0 Å². The van der Waals surface area contributed by atoms with E-state index in [-0.39, 0.29) is 17.4 Å². The molecule has 0 unspecified atom stereocenters. The van der Waals surface area contributed by atoms with Crippen molar-refractivity contribution in [1.29, 1.82) is 0 Å². The first-order valence-electron chi connectivity index (χ1n) is 7.25. The van der Waals surface area contributed by atoms with Crippen molar-refractivity contribution in [2.45, 2.75) is 46.1 Å². The second-order valence-electron chi connectivity index (χ2n) is 5.96. The largest absolute Gasteiger partial charge is 0.326 e. The van der Waals surface area contributed by atoms with E-state index in [0.717, 1.165) is 0 Å². The molecule has 21 heavy (non-hydrogen) atoms. The summed E-state index contributed by atoms with van der Waals surface area (Å²) in [5, 5.41) is 8.86. The first-order chi connectivity index (χ1) is 9.80. The van der Waals surface area contributed by atoms with E-state index in [4.69, 9.17) is 0 Å². The van der Waals surface area contributed by atoms with Crippen LogP contribution in [0.25, 0.3) is 0 Å². The average Bonchev–Trinajstić information content (AvgIpc) is 2.37. The molecule has 116 valence electrons. The van der Waals surface area contributed by atoms with Gasteiger partial charge in [0.05, 0.1) is 0 Å². The van der Waals surface area contributed by atoms with Gasteiger partial charge in [-0.05, 0) is 39.0 Å². The highest BCUT2D eigenvalue weighted by molar-refractivity contribution is 5.94. The molecular weight excluding hydrogens is 266 g/mol. The summed E-state index contributed by atoms with van der Waals surface area (Å²) in [4.78, 5) is 23.2. The molecule has 0 aliphatic rings. The van der Waals surface area contributed by atoms with Crippen LogP contribution < -0.4 is 16.0 Å². The molecule has 2 amide bonds. The third kappa shape index (κ3) is 7.46. The van der Waals surface area contributed by atoms with Crippen molar-refractivity contribution >= 4 is 23.2 Å². The normalized spacial score (nSPS) is 11.0. The van der Waals surface area contributed by atoms with Crippen LogP contribution in [0.4, 0.5) is 11.4 Å². The van der Waals surface area contributed by atoms with Crippen molar-refractivity contribution in [3.63, 3.8) is 0 Å². The molecule has 0 aliphatic carbocycles. The first kappa shape index (κ1) is 17.2. The van der Waals surface area contributed by atoms with E-state index in [9.17, 15) is 9.59 Å². The number of rotatable bonds is 6. The minimum atomic E-state index is -0.0503. The molecule has 1 rings (SSSR count). The molecule has 0 heterocycles. The highest BCUT2D eigenvalue weighted by Gasteiger charge is 2.10. The van der Waals surface area contributed by atoms with Gasteiger partial charge < -0.3 is 16.0 Å². The van der Waals surface area contributed by atoms with Gasteiger partial charge in [-0.15, -0.1) is 0 Å². The van der Waals surface area contributed by atoms with Gasteiger partial charge in [0.15, 0.2) is 0 Å². The van der Waals surface area contributed by atoms with E-state index < -0.39 is 0 Å². The average molecular weight is 291 g/mol. The van der Waals surface area contributed by atoms with Gasteiger partial charge in [0, 0.05) is 36.3 Å². The van der Waals surface area contributed by atoms with Gasteiger partial charge in [-0.25, -0.2) is 0 Å². The molecule has 0 atom stereocenters. The van der Waals surface area contributed by atoms with Crippen molar-refractivity contribution in [3.05, 3.63) is 24.3 Å². The lowest BCUT2D eigenvalue weighted by Gasteiger charge is -2.20. The fourth-order valence-corrected chi connectivity index (χ4v) is 1.70. The number of benzene rings is 1. The van der Waals surface area contributed by atoms with Crippen LogP contribution in [0.15, 0.2) is 24.3 Å². The highest BCUT2D eigenvalue weighted by Crippen LogP contribution is 2.15. The molecule has 5 heteroatoms. The summed E-state index contributed by atoms with van der Waals surface area (Å²) in [7, 11) is 0. The van der Waals surface area contributed by atoms with E-state index in [1.54, 1.807) is 31.2 Å². The molecule has 0 spiro atoms. The second-order valence-corrected chi connectivity index (χ2v) is 5.96. The number of carbonyl (C=O) groups is 2. The van der Waals surface area contributed by atoms with Crippen molar-refractivity contribution < 1.29 is 9.59 Å². The molecule has 0 fully saturated rings. The Morgan fingerprint density at radius 3 is 2.14 bits per heavy atom. The summed E-state index contributed by atoms with van der Waals surface area (Å²) in [6.07, 6.45) is 0.831. The lowest BCUT2D eigenvalue weighted by molar-refractivity contribution is -0.116. The maximum absolute atomic E-state index is 11.8. The zero-order valence-corrected chi connectivity index (χ0v) is 13.2. The van der Waals surface area contributed by atoms with Crippen molar-refractivity contribution in [2.75, 3.05) is 17.2 Å². The van der Waals surface area contributed by atoms with Crippen molar-refractivity contribution in [3.8, 4) is 0 Å². The molecule has 5 nitrogen and oxygen atoms in total. The van der Waals surface area contributed by atoms with Gasteiger partial charge in [0.25, 0.3) is 0 Å². The van der Waals surface area contributed by atoms with Gasteiger partial charge in [0.1, 0.15) is 0 Å². The Kier molecular flexibility index (Phi) is 6.37. The molecule has 0 saturated heterocycles. The molecule has 1 aromatic carbocycles. The fraction of sp³-hybridized carbons (Fsp3) is 0.500. The standard InChI is InChI=1S/C16H25N3O2/c1-5-14(20)18-12-7-6-8-13(11-12)19-15(21)9-10-17-16(2,3)4/h6-8,11,17H,5,9-10H2,1-4H3,(H,18,20)(H,19,21). The van der Waals surface area contributed by atoms with E-state index in [0.29, 0.717) is 30.8 Å². The predicted molar refractivity (Wildman–Crippen MR) is 86.4 cm³/mol. The van der Waals surface area contributed by atoms with Gasteiger partial charge in [-0.3, -0.25) is 9.59 Å². The van der Waals surface area contributed by atoms with Crippen LogP contribution >= 0.6 is 0 Å². The Balaban J connectivity index is 2.49. The number of hydrogen-bond donors (Lipinski definition) is 3. The third-order valence-corrected chi connectivity index (χ3v) is 2.76. The Bertz CT molecular complexity index is 493. The maximum Gasteiger partial charge on any atom is 0.225 e. The monoisotopic (exact) mass is 291 g/mol. The van der Waals surface area contributed by atoms with Gasteiger partial charge in [0.2, 0.25) is 11.8 Å². The summed E-state index contributed by atoms with van der Waals surface area (Å²) in [5.41, 5.74) is 1.38. The predicted octanol–water partition coefficient (Wildman–Crippen LogP) is 2.75. The maximum atomic E-state index is 11.8.